The van der Waals surface area contributed by atoms with Gasteiger partial charge >= 0.3 is 6.18 Å². The van der Waals surface area contributed by atoms with E-state index in [0.29, 0.717) is 23.5 Å². The Morgan fingerprint density at radius 2 is 1.78 bits per heavy atom. The number of rotatable bonds is 18. The Bertz CT molecular complexity index is 1310. The number of alkyl halides is 5. The summed E-state index contributed by atoms with van der Waals surface area (Å²) in [5.74, 6) is -3.18. The Morgan fingerprint density at radius 1 is 1.13 bits per heavy atom. The van der Waals surface area contributed by atoms with Crippen molar-refractivity contribution in [1.29, 1.82) is 0 Å². The smallest absolute Gasteiger partial charge is 0.365 e. The van der Waals surface area contributed by atoms with Crippen LogP contribution in [0.4, 0.5) is 22.0 Å². The number of hydrogen-bond donors (Lipinski definition) is 3. The van der Waals surface area contributed by atoms with Gasteiger partial charge < -0.3 is 25.1 Å². The van der Waals surface area contributed by atoms with Gasteiger partial charge in [-0.15, -0.1) is 0 Å². The zero-order chi connectivity index (χ0) is 34.0. The molecule has 5 N–H and O–H groups in total. The number of halogens is 5. The van der Waals surface area contributed by atoms with Gasteiger partial charge in [0.1, 0.15) is 12.6 Å². The highest BCUT2D eigenvalue weighted by atomic mass is 32.2. The average Bonchev–Trinajstić information content (AvgIpc) is 3.68. The molecule has 0 aliphatic heterocycles. The highest BCUT2D eigenvalue weighted by Crippen LogP contribution is 2.42. The van der Waals surface area contributed by atoms with Crippen LogP contribution in [-0.2, 0) is 27.2 Å². The van der Waals surface area contributed by atoms with Crippen molar-refractivity contribution in [2.45, 2.75) is 114 Å². The summed E-state index contributed by atoms with van der Waals surface area (Å²) in [6.45, 7) is 10.9. The van der Waals surface area contributed by atoms with Crippen LogP contribution in [0.1, 0.15) is 70.3 Å². The van der Waals surface area contributed by atoms with Crippen LogP contribution < -0.4 is 16.2 Å². The van der Waals surface area contributed by atoms with Crippen LogP contribution in [0.15, 0.2) is 18.2 Å². The summed E-state index contributed by atoms with van der Waals surface area (Å²) in [6, 6.07) is 6.11. The Morgan fingerprint density at radius 3 is 2.31 bits per heavy atom. The molecule has 1 aromatic heterocycles. The van der Waals surface area contributed by atoms with Gasteiger partial charge in [0.25, 0.3) is 5.92 Å². The number of nitrogens with zero attached hydrogens (tertiary/aromatic N) is 2. The first kappa shape index (κ1) is 38.0. The highest BCUT2D eigenvalue weighted by Gasteiger charge is 2.49. The summed E-state index contributed by atoms with van der Waals surface area (Å²) < 4.78 is 94.2. The van der Waals surface area contributed by atoms with E-state index in [1.807, 2.05) is 22.8 Å². The highest BCUT2D eigenvalue weighted by molar-refractivity contribution is 7.84. The van der Waals surface area contributed by atoms with E-state index in [0.717, 1.165) is 38.3 Å². The minimum Gasteiger partial charge on any atom is -0.365 e. The summed E-state index contributed by atoms with van der Waals surface area (Å²) in [4.78, 5) is 4.89. The lowest BCUT2D eigenvalue weighted by atomic mass is 9.95. The van der Waals surface area contributed by atoms with E-state index in [1.54, 1.807) is 13.8 Å². The molecule has 0 saturated heterocycles. The molecular weight excluding hydrogens is 634 g/mol. The maximum atomic E-state index is 14.0. The Hall–Kier alpha value is -1.49. The molecule has 1 aliphatic rings. The van der Waals surface area contributed by atoms with E-state index in [2.05, 4.69) is 25.0 Å². The van der Waals surface area contributed by atoms with Gasteiger partial charge in [-0.25, -0.2) is 18.0 Å². The molecule has 0 spiro atoms. The zero-order valence-electron chi connectivity index (χ0n) is 27.4. The maximum Gasteiger partial charge on any atom is 0.416 e. The van der Waals surface area contributed by atoms with E-state index in [1.165, 1.54) is 0 Å². The molecule has 1 heterocycles. The number of fused-ring (bicyclic) bond motifs is 1. The van der Waals surface area contributed by atoms with Crippen molar-refractivity contribution in [3.63, 3.8) is 0 Å². The van der Waals surface area contributed by atoms with Crippen molar-refractivity contribution in [2.24, 2.45) is 16.8 Å². The van der Waals surface area contributed by atoms with E-state index < -0.39 is 60.5 Å². The number of benzene rings is 1. The topological polar surface area (TPSA) is 117 Å². The van der Waals surface area contributed by atoms with Gasteiger partial charge in [-0.1, -0.05) is 25.7 Å². The van der Waals surface area contributed by atoms with Crippen molar-refractivity contribution in [2.75, 3.05) is 26.3 Å². The fourth-order valence-electron chi connectivity index (χ4n) is 4.95. The molecule has 2 aromatic rings. The predicted octanol–water partition coefficient (Wildman–Crippen LogP) is 6.22. The van der Waals surface area contributed by atoms with Crippen LogP contribution in [0.3, 0.4) is 0 Å². The van der Waals surface area contributed by atoms with Crippen molar-refractivity contribution in [3.8, 4) is 0 Å². The molecule has 45 heavy (non-hydrogen) atoms. The molecule has 1 fully saturated rings. The second-order valence-electron chi connectivity index (χ2n) is 14.5. The summed E-state index contributed by atoms with van der Waals surface area (Å²) in [5, 5.41) is 8.78. The van der Waals surface area contributed by atoms with Gasteiger partial charge in [-0.2, -0.15) is 13.2 Å². The monoisotopic (exact) mass is 683 g/mol. The van der Waals surface area contributed by atoms with Gasteiger partial charge in [-0.3, -0.25) is 5.14 Å². The van der Waals surface area contributed by atoms with Crippen LogP contribution in [0.25, 0.3) is 11.0 Å². The lowest BCUT2D eigenvalue weighted by Gasteiger charge is -2.32. The van der Waals surface area contributed by atoms with Crippen molar-refractivity contribution < 1.29 is 35.6 Å². The SMILES string of the molecule is CC(C)(C[C@@H](COC(C)(C)C(F)(F)F)c1nc2cc([C@H](NCC(F)(F)CN)C3CC3)ccc2n1COCC[Si](C)(C)C)S(N)=O. The summed E-state index contributed by atoms with van der Waals surface area (Å²) in [5.41, 5.74) is 4.80. The van der Waals surface area contributed by atoms with Gasteiger partial charge in [-0.05, 0) is 76.6 Å². The first-order chi connectivity index (χ1) is 20.6. The number of imidazole rings is 1. The number of nitrogens with one attached hydrogen (secondary N) is 1. The molecule has 1 unspecified atom stereocenters. The lowest BCUT2D eigenvalue weighted by molar-refractivity contribution is -0.265. The van der Waals surface area contributed by atoms with Gasteiger partial charge in [0, 0.05) is 26.6 Å². The summed E-state index contributed by atoms with van der Waals surface area (Å²) in [7, 11) is -3.20. The second kappa shape index (κ2) is 14.3. The Kier molecular flexibility index (Phi) is 12.1. The van der Waals surface area contributed by atoms with Crippen LogP contribution >= 0.6 is 0 Å². The van der Waals surface area contributed by atoms with Crippen LogP contribution in [0.2, 0.25) is 25.7 Å². The first-order valence-electron chi connectivity index (χ1n) is 15.3. The lowest BCUT2D eigenvalue weighted by Crippen LogP contribution is -2.43. The average molecular weight is 684 g/mol. The summed E-state index contributed by atoms with van der Waals surface area (Å²) in [6.07, 6.45) is -2.71. The molecule has 258 valence electrons. The van der Waals surface area contributed by atoms with E-state index in [-0.39, 0.29) is 31.7 Å². The molecular formula is C30H50F5N5O3SSi. The largest absolute Gasteiger partial charge is 0.416 e. The molecule has 0 bridgehead atoms. The molecule has 0 radical (unpaired) electrons. The van der Waals surface area contributed by atoms with Crippen LogP contribution in [0, 0.1) is 5.92 Å². The fraction of sp³-hybridized carbons (Fsp3) is 0.767. The predicted molar refractivity (Wildman–Crippen MR) is 171 cm³/mol. The molecule has 1 aromatic carbocycles. The first-order valence-corrected chi connectivity index (χ1v) is 20.2. The minimum atomic E-state index is -4.62. The molecule has 15 heteroatoms. The quantitative estimate of drug-likeness (QED) is 0.0977. The number of aromatic nitrogens is 2. The molecule has 8 nitrogen and oxygen atoms in total. The van der Waals surface area contributed by atoms with Gasteiger partial charge in [0.2, 0.25) is 0 Å². The Labute approximate surface area is 266 Å². The second-order valence-corrected chi connectivity index (χ2v) is 21.8. The maximum absolute atomic E-state index is 14.0. The molecule has 0 amide bonds. The number of hydrogen-bond acceptors (Lipinski definition) is 6. The number of nitrogens with two attached hydrogens (primary N) is 2. The summed E-state index contributed by atoms with van der Waals surface area (Å²) >= 11 is 0. The van der Waals surface area contributed by atoms with E-state index in [4.69, 9.17) is 25.3 Å². The standard InChI is InChI=1S/C30H50F5N5O3SSi/c1-27(2,44(37)41)15-22(16-43-28(3,4)30(33,34)35)26-39-23-14-21(25(20-8-9-20)38-18-29(31,32)17-36)10-11-24(23)40(26)19-42-12-13-45(5,6)7/h10-11,14,20,22,25,38H,8-9,12-13,15-19,36-37H2,1-7H3/t22-,25+,44?/m0/s1. The molecule has 3 rings (SSSR count). The van der Waals surface area contributed by atoms with Crippen molar-refractivity contribution in [3.05, 3.63) is 29.6 Å². The van der Waals surface area contributed by atoms with E-state index in [9.17, 15) is 26.2 Å². The zero-order valence-corrected chi connectivity index (χ0v) is 29.2. The number of ether oxygens (including phenoxy) is 2. The minimum absolute atomic E-state index is 0.0913. The molecule has 3 atom stereocenters. The fourth-order valence-corrected chi connectivity index (χ4v) is 6.07. The Balaban J connectivity index is 2.07. The van der Waals surface area contributed by atoms with E-state index >= 15 is 0 Å². The normalized spacial score (nSPS) is 17.6. The van der Waals surface area contributed by atoms with Crippen LogP contribution in [-0.4, -0.2) is 70.6 Å². The van der Waals surface area contributed by atoms with Gasteiger partial charge in [0.15, 0.2) is 5.60 Å². The third-order valence-corrected chi connectivity index (χ3v) is 11.3. The third kappa shape index (κ3) is 10.5. The van der Waals surface area contributed by atoms with Crippen molar-refractivity contribution >= 4 is 30.1 Å². The van der Waals surface area contributed by atoms with Gasteiger partial charge in [0.05, 0.1) is 46.5 Å². The third-order valence-electron chi connectivity index (χ3n) is 8.33. The van der Waals surface area contributed by atoms with Crippen LogP contribution in [0.5, 0.6) is 0 Å². The molecule has 1 aliphatic carbocycles. The van der Waals surface area contributed by atoms with Crippen molar-refractivity contribution in [1.82, 2.24) is 14.9 Å². The molecule has 1 saturated carbocycles.